The Bertz CT molecular complexity index is 194. The van der Waals surface area contributed by atoms with Crippen LogP contribution in [-0.2, 0) is 0 Å². The standard InChI is InChI=1S/C7H9I2N/c1-6-2-3-7(10-8)5-9-4-6/h2-6,10H,1H3. The maximum atomic E-state index is 3.12. The van der Waals surface area contributed by atoms with E-state index in [0.29, 0.717) is 5.92 Å². The minimum absolute atomic E-state index is 0.184. The van der Waals surface area contributed by atoms with Crippen molar-refractivity contribution in [2.24, 2.45) is 5.92 Å². The van der Waals surface area contributed by atoms with E-state index < -0.39 is 0 Å². The Labute approximate surface area is 85.2 Å². The van der Waals surface area contributed by atoms with Crippen LogP contribution in [0.2, 0.25) is 0 Å². The van der Waals surface area contributed by atoms with Crippen LogP contribution in [0, 0.1) is 5.92 Å². The third kappa shape index (κ3) is 2.69. The van der Waals surface area contributed by atoms with Crippen LogP contribution in [0.3, 0.4) is 0 Å². The van der Waals surface area contributed by atoms with Gasteiger partial charge < -0.3 is 3.53 Å². The third-order valence-corrected chi connectivity index (χ3v) is 4.34. The molecule has 10 heavy (non-hydrogen) atoms. The van der Waals surface area contributed by atoms with Crippen molar-refractivity contribution in [2.45, 2.75) is 6.92 Å². The largest absolute Gasteiger partial charge is 0.328 e. The fourth-order valence-electron chi connectivity index (χ4n) is 0.605. The van der Waals surface area contributed by atoms with Gasteiger partial charge in [0.2, 0.25) is 0 Å². The Hall–Kier alpha value is 0.610. The van der Waals surface area contributed by atoms with Crippen LogP contribution in [-0.4, -0.2) is 4.01 Å². The summed E-state index contributed by atoms with van der Waals surface area (Å²) < 4.78 is 7.81. The first kappa shape index (κ1) is 8.70. The molecule has 0 saturated heterocycles. The summed E-state index contributed by atoms with van der Waals surface area (Å²) in [6.45, 7) is 2.22. The maximum absolute atomic E-state index is 3.12. The Kier molecular flexibility index (Phi) is 3.90. The second-order valence-electron chi connectivity index (χ2n) is 2.13. The quantitative estimate of drug-likeness (QED) is 0.560. The first-order valence-electron chi connectivity index (χ1n) is 3.03. The average Bonchev–Trinajstić information content (AvgIpc) is 2.14. The van der Waals surface area contributed by atoms with Crippen molar-refractivity contribution < 1.29 is 0 Å². The zero-order valence-corrected chi connectivity index (χ0v) is 9.96. The highest BCUT2D eigenvalue weighted by molar-refractivity contribution is 14.2. The van der Waals surface area contributed by atoms with E-state index in [9.17, 15) is 0 Å². The minimum atomic E-state index is 0.184. The van der Waals surface area contributed by atoms with Crippen LogP contribution in [0.4, 0.5) is 0 Å². The molecular weight excluding hydrogens is 352 g/mol. The Morgan fingerprint density at radius 1 is 1.70 bits per heavy atom. The molecule has 0 aromatic heterocycles. The van der Waals surface area contributed by atoms with Crippen molar-refractivity contribution >= 4 is 47.6 Å². The molecule has 1 rings (SSSR count). The monoisotopic (exact) mass is 361 g/mol. The molecule has 56 valence electrons. The van der Waals surface area contributed by atoms with Gasteiger partial charge in [0.25, 0.3) is 0 Å². The van der Waals surface area contributed by atoms with Gasteiger partial charge in [0.05, 0.1) is 22.9 Å². The highest BCUT2D eigenvalue weighted by Crippen LogP contribution is 2.13. The molecule has 0 spiro atoms. The van der Waals surface area contributed by atoms with Crippen molar-refractivity contribution in [1.29, 1.82) is 0 Å². The normalized spacial score (nSPS) is 24.6. The SMILES string of the molecule is CC1C=CC(NI)=CI=C1. The molecule has 0 amide bonds. The maximum Gasteiger partial charge on any atom is 0.0560 e. The predicted molar refractivity (Wildman–Crippen MR) is 63.6 cm³/mol. The van der Waals surface area contributed by atoms with Crippen LogP contribution in [0.25, 0.3) is 0 Å². The summed E-state index contributed by atoms with van der Waals surface area (Å²) in [5.74, 6) is 0.659. The second-order valence-corrected chi connectivity index (χ2v) is 4.73. The van der Waals surface area contributed by atoms with Crippen molar-refractivity contribution in [3.05, 3.63) is 21.9 Å². The topological polar surface area (TPSA) is 12.0 Å². The Morgan fingerprint density at radius 2 is 2.50 bits per heavy atom. The smallest absolute Gasteiger partial charge is 0.0560 e. The lowest BCUT2D eigenvalue weighted by Crippen LogP contribution is -1.92. The lowest BCUT2D eigenvalue weighted by Gasteiger charge is -1.94. The van der Waals surface area contributed by atoms with Crippen molar-refractivity contribution in [3.63, 3.8) is 0 Å². The molecule has 1 atom stereocenters. The molecule has 0 saturated carbocycles. The van der Waals surface area contributed by atoms with E-state index in [2.05, 4.69) is 53.6 Å². The molecule has 0 radical (unpaired) electrons. The van der Waals surface area contributed by atoms with Gasteiger partial charge in [-0.15, -0.1) is 0 Å². The molecule has 1 unspecified atom stereocenters. The molecular formula is C7H9I2N. The number of hydrogen-bond donors (Lipinski definition) is 1. The summed E-state index contributed by atoms with van der Waals surface area (Å²) in [5.41, 5.74) is 1.26. The summed E-state index contributed by atoms with van der Waals surface area (Å²) in [4.78, 5) is 0. The molecule has 1 aliphatic heterocycles. The van der Waals surface area contributed by atoms with Gasteiger partial charge in [0.15, 0.2) is 0 Å². The summed E-state index contributed by atoms with van der Waals surface area (Å²) >= 11 is 2.35. The molecule has 0 aliphatic carbocycles. The van der Waals surface area contributed by atoms with E-state index in [0.717, 1.165) is 0 Å². The third-order valence-electron chi connectivity index (χ3n) is 1.14. The van der Waals surface area contributed by atoms with Gasteiger partial charge in [-0.25, -0.2) is 0 Å². The summed E-state index contributed by atoms with van der Waals surface area (Å²) in [7, 11) is 0. The number of halogens is 2. The van der Waals surface area contributed by atoms with Gasteiger partial charge in [-0.3, -0.25) is 0 Å². The molecule has 1 aliphatic rings. The molecule has 0 fully saturated rings. The molecule has 0 aromatic rings. The molecule has 0 aromatic carbocycles. The summed E-state index contributed by atoms with van der Waals surface area (Å²) in [6.07, 6.45) is 4.38. The Balaban J connectivity index is 2.71. The van der Waals surface area contributed by atoms with E-state index >= 15 is 0 Å². The minimum Gasteiger partial charge on any atom is -0.328 e. The van der Waals surface area contributed by atoms with Crippen molar-refractivity contribution in [2.75, 3.05) is 0 Å². The first-order valence-corrected chi connectivity index (χ1v) is 6.60. The van der Waals surface area contributed by atoms with Crippen molar-refractivity contribution in [3.8, 4) is 0 Å². The van der Waals surface area contributed by atoms with E-state index in [4.69, 9.17) is 0 Å². The van der Waals surface area contributed by atoms with Gasteiger partial charge in [-0.2, -0.15) is 0 Å². The fraction of sp³-hybridized carbons (Fsp3) is 0.286. The van der Waals surface area contributed by atoms with Crippen LogP contribution in [0.1, 0.15) is 6.92 Å². The van der Waals surface area contributed by atoms with Gasteiger partial charge in [-0.1, -0.05) is 33.7 Å². The number of allylic oxidation sites excluding steroid dienone is 2. The zero-order valence-electron chi connectivity index (χ0n) is 5.64. The number of nitrogens with one attached hydrogen (secondary N) is 1. The summed E-state index contributed by atoms with van der Waals surface area (Å²) in [6, 6.07) is 0. The van der Waals surface area contributed by atoms with E-state index in [-0.39, 0.29) is 20.7 Å². The summed E-state index contributed by atoms with van der Waals surface area (Å²) in [5, 5.41) is 0. The highest BCUT2D eigenvalue weighted by Gasteiger charge is 1.94. The first-order chi connectivity index (χ1) is 4.83. The fourth-order valence-corrected chi connectivity index (χ4v) is 3.39. The van der Waals surface area contributed by atoms with Crippen LogP contribution in [0.5, 0.6) is 0 Å². The van der Waals surface area contributed by atoms with E-state index in [1.54, 1.807) is 0 Å². The molecule has 0 bridgehead atoms. The van der Waals surface area contributed by atoms with Gasteiger partial charge in [0, 0.05) is 5.70 Å². The molecule has 3 heteroatoms. The lowest BCUT2D eigenvalue weighted by atomic mass is 10.2. The Morgan fingerprint density at radius 3 is 3.20 bits per heavy atom. The number of hydrogen-bond acceptors (Lipinski definition) is 1. The molecule has 1 heterocycles. The number of rotatable bonds is 1. The van der Waals surface area contributed by atoms with Gasteiger partial charge in [0.1, 0.15) is 0 Å². The van der Waals surface area contributed by atoms with E-state index in [1.165, 1.54) is 5.70 Å². The predicted octanol–water partition coefficient (Wildman–Crippen LogP) is 2.75. The van der Waals surface area contributed by atoms with Crippen LogP contribution < -0.4 is 3.53 Å². The lowest BCUT2D eigenvalue weighted by molar-refractivity contribution is 1.04. The highest BCUT2D eigenvalue weighted by atomic mass is 127. The van der Waals surface area contributed by atoms with Gasteiger partial charge >= 0.3 is 0 Å². The van der Waals surface area contributed by atoms with Crippen molar-refractivity contribution in [1.82, 2.24) is 3.53 Å². The zero-order chi connectivity index (χ0) is 7.40. The van der Waals surface area contributed by atoms with Gasteiger partial charge in [-0.05, 0) is 20.1 Å². The van der Waals surface area contributed by atoms with Crippen LogP contribution in [0.15, 0.2) is 21.9 Å². The average molecular weight is 361 g/mol. The molecule has 1 N–H and O–H groups in total. The van der Waals surface area contributed by atoms with Crippen LogP contribution >= 0.6 is 43.6 Å². The second kappa shape index (κ2) is 4.48. The van der Waals surface area contributed by atoms with E-state index in [1.807, 2.05) is 0 Å². The molecule has 1 nitrogen and oxygen atoms in total.